The third-order valence-electron chi connectivity index (χ3n) is 3.30. The van der Waals surface area contributed by atoms with Crippen molar-refractivity contribution in [3.63, 3.8) is 0 Å². The van der Waals surface area contributed by atoms with E-state index in [-0.39, 0.29) is 12.4 Å². The van der Waals surface area contributed by atoms with Crippen LogP contribution in [0.15, 0.2) is 48.5 Å². The summed E-state index contributed by atoms with van der Waals surface area (Å²) in [5.41, 5.74) is 1.34. The highest BCUT2D eigenvalue weighted by Crippen LogP contribution is 2.22. The topological polar surface area (TPSA) is 82.0 Å². The Morgan fingerprint density at radius 1 is 1.00 bits per heavy atom. The SMILES string of the molecule is CNCC(O)c1cccc(OCC(O)c2cccc(O)c2)c1. The molecule has 2 aromatic carbocycles. The molecular weight excluding hydrogens is 282 g/mol. The summed E-state index contributed by atoms with van der Waals surface area (Å²) in [4.78, 5) is 0. The van der Waals surface area contributed by atoms with Crippen molar-refractivity contribution in [2.45, 2.75) is 12.2 Å². The van der Waals surface area contributed by atoms with Crippen LogP contribution in [0.1, 0.15) is 23.3 Å². The first-order valence-electron chi connectivity index (χ1n) is 7.12. The average molecular weight is 303 g/mol. The number of phenols is 1. The Hall–Kier alpha value is -2.08. The molecule has 0 heterocycles. The van der Waals surface area contributed by atoms with Gasteiger partial charge in [-0.15, -0.1) is 0 Å². The van der Waals surface area contributed by atoms with Crippen LogP contribution in [0, 0.1) is 0 Å². The molecule has 118 valence electrons. The minimum absolute atomic E-state index is 0.0645. The molecule has 0 saturated heterocycles. The fraction of sp³-hybridized carbons (Fsp3) is 0.294. The van der Waals surface area contributed by atoms with Gasteiger partial charge in [0.25, 0.3) is 0 Å². The van der Waals surface area contributed by atoms with Crippen LogP contribution in [0.4, 0.5) is 0 Å². The minimum atomic E-state index is -0.835. The van der Waals surface area contributed by atoms with Crippen LogP contribution in [0.5, 0.6) is 11.5 Å². The van der Waals surface area contributed by atoms with Gasteiger partial charge in [-0.25, -0.2) is 0 Å². The number of rotatable bonds is 7. The molecule has 0 saturated carbocycles. The van der Waals surface area contributed by atoms with Crippen molar-refractivity contribution in [3.05, 3.63) is 59.7 Å². The van der Waals surface area contributed by atoms with Gasteiger partial charge in [-0.3, -0.25) is 0 Å². The summed E-state index contributed by atoms with van der Waals surface area (Å²) in [6.07, 6.45) is -1.44. The minimum Gasteiger partial charge on any atom is -0.508 e. The Morgan fingerprint density at radius 2 is 1.68 bits per heavy atom. The van der Waals surface area contributed by atoms with E-state index in [2.05, 4.69) is 5.32 Å². The second kappa shape index (κ2) is 7.79. The van der Waals surface area contributed by atoms with E-state index in [1.165, 1.54) is 6.07 Å². The molecule has 2 rings (SSSR count). The predicted octanol–water partition coefficient (Wildman–Crippen LogP) is 1.76. The van der Waals surface area contributed by atoms with Gasteiger partial charge in [0.05, 0.1) is 6.10 Å². The number of aliphatic hydroxyl groups is 2. The molecule has 0 spiro atoms. The summed E-state index contributed by atoms with van der Waals surface area (Å²) in [5.74, 6) is 0.681. The number of phenolic OH excluding ortho intramolecular Hbond substituents is 1. The zero-order valence-corrected chi connectivity index (χ0v) is 12.4. The molecule has 22 heavy (non-hydrogen) atoms. The molecule has 0 radical (unpaired) electrons. The fourth-order valence-electron chi connectivity index (χ4n) is 2.13. The zero-order chi connectivity index (χ0) is 15.9. The maximum atomic E-state index is 10.1. The van der Waals surface area contributed by atoms with Crippen LogP contribution in [-0.2, 0) is 0 Å². The number of ether oxygens (including phenoxy) is 1. The number of likely N-dealkylation sites (N-methyl/N-ethyl adjacent to an activating group) is 1. The van der Waals surface area contributed by atoms with E-state index < -0.39 is 12.2 Å². The molecule has 2 aromatic rings. The summed E-state index contributed by atoms with van der Waals surface area (Å²) >= 11 is 0. The summed E-state index contributed by atoms with van der Waals surface area (Å²) in [6, 6.07) is 13.6. The number of hydrogen-bond acceptors (Lipinski definition) is 5. The van der Waals surface area contributed by atoms with Gasteiger partial charge < -0.3 is 25.4 Å². The van der Waals surface area contributed by atoms with Gasteiger partial charge in [-0.1, -0.05) is 24.3 Å². The lowest BCUT2D eigenvalue weighted by atomic mass is 10.1. The van der Waals surface area contributed by atoms with Crippen LogP contribution >= 0.6 is 0 Å². The van der Waals surface area contributed by atoms with Gasteiger partial charge in [0, 0.05) is 6.54 Å². The number of benzene rings is 2. The van der Waals surface area contributed by atoms with Crippen molar-refractivity contribution in [2.75, 3.05) is 20.2 Å². The maximum absolute atomic E-state index is 10.1. The van der Waals surface area contributed by atoms with Crippen LogP contribution in [0.25, 0.3) is 0 Å². The third-order valence-corrected chi connectivity index (χ3v) is 3.30. The number of nitrogens with one attached hydrogen (secondary N) is 1. The smallest absolute Gasteiger partial charge is 0.119 e. The van der Waals surface area contributed by atoms with E-state index in [0.29, 0.717) is 17.9 Å². The average Bonchev–Trinajstić information content (AvgIpc) is 2.53. The Kier molecular flexibility index (Phi) is 5.77. The Bertz CT molecular complexity index is 603. The molecule has 0 aromatic heterocycles. The normalized spacial score (nSPS) is 13.6. The molecule has 0 bridgehead atoms. The molecule has 0 aliphatic carbocycles. The molecule has 0 fully saturated rings. The van der Waals surface area contributed by atoms with E-state index >= 15 is 0 Å². The highest BCUT2D eigenvalue weighted by atomic mass is 16.5. The Balaban J connectivity index is 1.98. The van der Waals surface area contributed by atoms with E-state index in [4.69, 9.17) is 4.74 Å². The third kappa shape index (κ3) is 4.46. The quantitative estimate of drug-likeness (QED) is 0.626. The maximum Gasteiger partial charge on any atom is 0.119 e. The van der Waals surface area contributed by atoms with E-state index in [1.807, 2.05) is 6.07 Å². The monoisotopic (exact) mass is 303 g/mol. The van der Waals surface area contributed by atoms with Crippen molar-refractivity contribution in [3.8, 4) is 11.5 Å². The standard InChI is InChI=1S/C17H21NO4/c1-18-10-16(20)13-5-3-7-15(9-13)22-11-17(21)12-4-2-6-14(19)8-12/h2-9,16-21H,10-11H2,1H3. The lowest BCUT2D eigenvalue weighted by Gasteiger charge is -2.15. The molecule has 0 aliphatic rings. The first-order valence-corrected chi connectivity index (χ1v) is 7.12. The number of aromatic hydroxyl groups is 1. The van der Waals surface area contributed by atoms with Crippen molar-refractivity contribution < 1.29 is 20.1 Å². The Morgan fingerprint density at radius 3 is 2.36 bits per heavy atom. The summed E-state index contributed by atoms with van der Waals surface area (Å²) in [7, 11) is 1.77. The van der Waals surface area contributed by atoms with Gasteiger partial charge in [0.1, 0.15) is 24.2 Å². The van der Waals surface area contributed by atoms with Crippen molar-refractivity contribution >= 4 is 0 Å². The van der Waals surface area contributed by atoms with Gasteiger partial charge in [-0.05, 0) is 42.4 Å². The van der Waals surface area contributed by atoms with Crippen molar-refractivity contribution in [1.82, 2.24) is 5.32 Å². The lowest BCUT2D eigenvalue weighted by Crippen LogP contribution is -2.16. The highest BCUT2D eigenvalue weighted by Gasteiger charge is 2.11. The molecule has 4 N–H and O–H groups in total. The first-order chi connectivity index (χ1) is 10.6. The van der Waals surface area contributed by atoms with Crippen LogP contribution in [0.2, 0.25) is 0 Å². The summed E-state index contributed by atoms with van der Waals surface area (Å²) < 4.78 is 5.57. The van der Waals surface area contributed by atoms with E-state index in [1.54, 1.807) is 43.4 Å². The fourth-order valence-corrected chi connectivity index (χ4v) is 2.13. The lowest BCUT2D eigenvalue weighted by molar-refractivity contribution is 0.107. The zero-order valence-electron chi connectivity index (χ0n) is 12.4. The first kappa shape index (κ1) is 16.3. The summed E-state index contributed by atoms with van der Waals surface area (Å²) in [6.45, 7) is 0.518. The molecule has 0 amide bonds. The van der Waals surface area contributed by atoms with E-state index in [0.717, 1.165) is 5.56 Å². The van der Waals surface area contributed by atoms with Crippen LogP contribution in [0.3, 0.4) is 0 Å². The van der Waals surface area contributed by atoms with Crippen molar-refractivity contribution in [2.24, 2.45) is 0 Å². The van der Waals surface area contributed by atoms with E-state index in [9.17, 15) is 15.3 Å². The molecule has 0 aliphatic heterocycles. The molecule has 5 heteroatoms. The number of hydrogen-bond donors (Lipinski definition) is 4. The molecule has 2 atom stereocenters. The second-order valence-corrected chi connectivity index (χ2v) is 5.07. The van der Waals surface area contributed by atoms with Gasteiger partial charge in [-0.2, -0.15) is 0 Å². The Labute approximate surface area is 129 Å². The van der Waals surface area contributed by atoms with Gasteiger partial charge >= 0.3 is 0 Å². The van der Waals surface area contributed by atoms with Crippen molar-refractivity contribution in [1.29, 1.82) is 0 Å². The molecule has 2 unspecified atom stereocenters. The van der Waals surface area contributed by atoms with Crippen LogP contribution < -0.4 is 10.1 Å². The van der Waals surface area contributed by atoms with Gasteiger partial charge in [0.15, 0.2) is 0 Å². The molecule has 5 nitrogen and oxygen atoms in total. The largest absolute Gasteiger partial charge is 0.508 e. The van der Waals surface area contributed by atoms with Crippen LogP contribution in [-0.4, -0.2) is 35.5 Å². The summed E-state index contributed by atoms with van der Waals surface area (Å²) in [5, 5.41) is 32.3. The number of aliphatic hydroxyl groups excluding tert-OH is 2. The predicted molar refractivity (Wildman–Crippen MR) is 83.9 cm³/mol. The molecular formula is C17H21NO4. The second-order valence-electron chi connectivity index (χ2n) is 5.07. The highest BCUT2D eigenvalue weighted by molar-refractivity contribution is 5.31. The van der Waals surface area contributed by atoms with Gasteiger partial charge in [0.2, 0.25) is 0 Å².